The van der Waals surface area contributed by atoms with Crippen LogP contribution in [0.5, 0.6) is 0 Å². The normalized spacial score (nSPS) is 5.00. The molecule has 5 nitrogen and oxygen atoms in total. The summed E-state index contributed by atoms with van der Waals surface area (Å²) in [6.07, 6.45) is 0. The average Bonchev–Trinajstić information content (AvgIpc) is 1.25. The SMILES string of the molecule is O=[Si]([O-])F.O=[Si]([O-])F.[NH4+].[Na+]. The first-order valence-electron chi connectivity index (χ1n) is 1.19. The summed E-state index contributed by atoms with van der Waals surface area (Å²) in [5.41, 5.74) is 0. The van der Waals surface area contributed by atoms with Gasteiger partial charge in [0.15, 0.2) is 0 Å². The summed E-state index contributed by atoms with van der Waals surface area (Å²) >= 11 is 0. The number of rotatable bonds is 0. The van der Waals surface area contributed by atoms with Crippen molar-refractivity contribution in [3.8, 4) is 0 Å². The largest absolute Gasteiger partial charge is 1.00 e. The third-order valence-electron chi connectivity index (χ3n) is 0. The fourth-order valence-corrected chi connectivity index (χ4v) is 0. The van der Waals surface area contributed by atoms with E-state index in [9.17, 15) is 8.22 Å². The fourth-order valence-electron chi connectivity index (χ4n) is 0. The molecule has 0 atom stereocenters. The zero-order chi connectivity index (χ0) is 7.15. The molecule has 0 aliphatic rings. The Morgan fingerprint density at radius 2 is 1.00 bits per heavy atom. The summed E-state index contributed by atoms with van der Waals surface area (Å²) in [5, 5.41) is 0. The molecule has 0 rings (SSSR count). The van der Waals surface area contributed by atoms with Gasteiger partial charge in [0.2, 0.25) is 0 Å². The third kappa shape index (κ3) is 2280. The minimum absolute atomic E-state index is 0. The van der Waals surface area contributed by atoms with Crippen molar-refractivity contribution in [2.75, 3.05) is 0 Å². The molecule has 0 radical (unpaired) electrons. The topological polar surface area (TPSA) is 117 Å². The predicted octanol–water partition coefficient (Wildman–Crippen LogP) is -5.16. The van der Waals surface area contributed by atoms with Gasteiger partial charge in [-0.1, -0.05) is 0 Å². The molecule has 0 spiro atoms. The van der Waals surface area contributed by atoms with Crippen molar-refractivity contribution in [3.63, 3.8) is 0 Å². The quantitative estimate of drug-likeness (QED) is 0.310. The molecule has 10 heteroatoms. The third-order valence-corrected chi connectivity index (χ3v) is 0. The van der Waals surface area contributed by atoms with E-state index in [2.05, 4.69) is 0 Å². The van der Waals surface area contributed by atoms with Gasteiger partial charge in [-0.25, -0.2) is 0 Å². The molecular weight excluding hydrogens is 195 g/mol. The Hall–Kier alpha value is 0.454. The first-order valence-corrected chi connectivity index (χ1v) is 3.58. The van der Waals surface area contributed by atoms with E-state index in [1.165, 1.54) is 0 Å². The van der Waals surface area contributed by atoms with E-state index in [-0.39, 0.29) is 35.7 Å². The molecule has 0 saturated heterocycles. The Morgan fingerprint density at radius 3 is 1.00 bits per heavy atom. The van der Waals surface area contributed by atoms with Crippen molar-refractivity contribution in [1.82, 2.24) is 6.15 Å². The molecule has 0 aliphatic carbocycles. The number of hydrogen-bond donors (Lipinski definition) is 1. The summed E-state index contributed by atoms with van der Waals surface area (Å²) in [6, 6.07) is 0. The van der Waals surface area contributed by atoms with E-state index in [0.717, 1.165) is 0 Å². The Balaban J connectivity index is -0.0000000300. The molecule has 4 N–H and O–H groups in total. The zero-order valence-corrected chi connectivity index (χ0v) is 9.39. The Morgan fingerprint density at radius 1 is 1.00 bits per heavy atom. The minimum atomic E-state index is -3.88. The molecular formula is H4F2NNaO4Si2. The van der Waals surface area contributed by atoms with Crippen LogP contribution in [-0.2, 0) is 8.92 Å². The van der Waals surface area contributed by atoms with E-state index in [1.807, 2.05) is 0 Å². The predicted molar refractivity (Wildman–Crippen MR) is 21.1 cm³/mol. The standard InChI is InChI=1S/2FO2Si.H3N.Na/c2*1-4(2)3;;/h;;1H3;/q2*-1;;+1/p+1. The summed E-state index contributed by atoms with van der Waals surface area (Å²) in [4.78, 5) is 16.8. The number of hydrogen-bond acceptors (Lipinski definition) is 4. The molecule has 0 bridgehead atoms. The van der Waals surface area contributed by atoms with Crippen LogP contribution in [0.4, 0.5) is 8.22 Å². The monoisotopic (exact) mass is 199 g/mol. The van der Waals surface area contributed by atoms with Crippen LogP contribution < -0.4 is 45.3 Å². The van der Waals surface area contributed by atoms with Crippen LogP contribution >= 0.6 is 0 Å². The van der Waals surface area contributed by atoms with Crippen molar-refractivity contribution < 1.29 is 56.3 Å². The van der Waals surface area contributed by atoms with Crippen molar-refractivity contribution >= 4 is 18.5 Å². The number of halogens is 2. The Bertz CT molecular complexity index is 79.3. The first-order chi connectivity index (χ1) is 3.46. The van der Waals surface area contributed by atoms with Crippen molar-refractivity contribution in [1.29, 1.82) is 0 Å². The average molecular weight is 199 g/mol. The molecule has 0 aromatic carbocycles. The second-order valence-electron chi connectivity index (χ2n) is 0.475. The first kappa shape index (κ1) is 22.4. The van der Waals surface area contributed by atoms with Gasteiger partial charge in [0, 0.05) is 0 Å². The number of quaternary nitrogens is 1. The maximum atomic E-state index is 9.99. The molecule has 0 aromatic heterocycles. The van der Waals surface area contributed by atoms with Gasteiger partial charge in [-0.2, -0.15) is 0 Å². The molecule has 10 heavy (non-hydrogen) atoms. The molecule has 0 aliphatic heterocycles. The van der Waals surface area contributed by atoms with E-state index in [1.54, 1.807) is 0 Å². The van der Waals surface area contributed by atoms with Crippen molar-refractivity contribution in [3.05, 3.63) is 0 Å². The van der Waals surface area contributed by atoms with E-state index in [4.69, 9.17) is 18.5 Å². The van der Waals surface area contributed by atoms with Crippen LogP contribution in [0.15, 0.2) is 0 Å². The Kier molecular flexibility index (Phi) is 36.4. The van der Waals surface area contributed by atoms with Gasteiger partial charge in [0.1, 0.15) is 0 Å². The van der Waals surface area contributed by atoms with Gasteiger partial charge >= 0.3 is 48.1 Å². The maximum absolute atomic E-state index is 9.99. The van der Waals surface area contributed by atoms with Gasteiger partial charge in [-0.3, -0.25) is 8.22 Å². The van der Waals surface area contributed by atoms with Crippen molar-refractivity contribution in [2.24, 2.45) is 0 Å². The molecule has 0 heterocycles. The second-order valence-corrected chi connectivity index (χ2v) is 1.43. The van der Waals surface area contributed by atoms with Crippen LogP contribution in [0, 0.1) is 0 Å². The molecule has 0 unspecified atom stereocenters. The Labute approximate surface area is 80.9 Å². The van der Waals surface area contributed by atoms with Gasteiger partial charge in [-0.15, -0.1) is 0 Å². The molecule has 0 amide bonds. The molecule has 0 saturated carbocycles. The van der Waals surface area contributed by atoms with E-state index < -0.39 is 18.5 Å². The van der Waals surface area contributed by atoms with E-state index in [0.29, 0.717) is 0 Å². The fraction of sp³-hybridized carbons (Fsp3) is 0. The molecule has 0 aromatic rings. The van der Waals surface area contributed by atoms with Crippen LogP contribution in [0.25, 0.3) is 0 Å². The van der Waals surface area contributed by atoms with Gasteiger partial charge in [0.05, 0.1) is 0 Å². The second kappa shape index (κ2) is 16.2. The maximum Gasteiger partial charge on any atom is 1.00 e. The zero-order valence-electron chi connectivity index (χ0n) is 5.39. The van der Waals surface area contributed by atoms with Crippen LogP contribution in [0.2, 0.25) is 0 Å². The van der Waals surface area contributed by atoms with Crippen molar-refractivity contribution in [2.45, 2.75) is 0 Å². The van der Waals surface area contributed by atoms with Crippen LogP contribution in [0.1, 0.15) is 0 Å². The molecule has 0 fully saturated rings. The van der Waals surface area contributed by atoms with Crippen LogP contribution in [0.3, 0.4) is 0 Å². The summed E-state index contributed by atoms with van der Waals surface area (Å²) in [5.74, 6) is 0. The van der Waals surface area contributed by atoms with Gasteiger partial charge < -0.3 is 24.7 Å². The van der Waals surface area contributed by atoms with Gasteiger partial charge in [0.25, 0.3) is 0 Å². The van der Waals surface area contributed by atoms with Crippen LogP contribution in [-0.4, -0.2) is 18.5 Å². The summed E-state index contributed by atoms with van der Waals surface area (Å²) < 4.78 is 36.8. The summed E-state index contributed by atoms with van der Waals surface area (Å²) in [6.45, 7) is 0. The molecule has 56 valence electrons. The van der Waals surface area contributed by atoms with E-state index >= 15 is 0 Å². The minimum Gasteiger partial charge on any atom is -0.560 e. The smallest absolute Gasteiger partial charge is 0.560 e. The summed E-state index contributed by atoms with van der Waals surface area (Å²) in [7, 11) is -7.76. The van der Waals surface area contributed by atoms with Gasteiger partial charge in [-0.05, 0) is 0 Å².